The molecule has 0 bridgehead atoms. The van der Waals surface area contributed by atoms with E-state index in [1.54, 1.807) is 12.1 Å². The molecule has 0 saturated carbocycles. The maximum atomic E-state index is 10.1. The first-order valence-electron chi connectivity index (χ1n) is 6.69. The molecule has 1 aliphatic rings. The number of phenolic OH excluding ortho intramolecular Hbond substituents is 2. The molecule has 2 rings (SSSR count). The molecule has 1 aromatic carbocycles. The molecule has 1 aromatic rings. The third-order valence-electron chi connectivity index (χ3n) is 3.50. The van der Waals surface area contributed by atoms with E-state index in [2.05, 4.69) is 16.8 Å². The van der Waals surface area contributed by atoms with Gasteiger partial charge in [-0.05, 0) is 31.5 Å². The largest absolute Gasteiger partial charge is 0.508 e. The molecule has 4 nitrogen and oxygen atoms in total. The van der Waals surface area contributed by atoms with E-state index in [9.17, 15) is 10.2 Å². The first kappa shape index (κ1) is 13.9. The van der Waals surface area contributed by atoms with E-state index in [1.165, 1.54) is 6.07 Å². The number of nitrogens with zero attached hydrogens (tertiary/aromatic N) is 1. The number of phenols is 2. The topological polar surface area (TPSA) is 55.7 Å². The minimum Gasteiger partial charge on any atom is -0.508 e. The van der Waals surface area contributed by atoms with Crippen LogP contribution in [0.3, 0.4) is 0 Å². The van der Waals surface area contributed by atoms with Crippen LogP contribution in [0.5, 0.6) is 11.5 Å². The zero-order chi connectivity index (χ0) is 13.8. The van der Waals surface area contributed by atoms with Gasteiger partial charge in [0.05, 0.1) is 0 Å². The lowest BCUT2D eigenvalue weighted by Crippen LogP contribution is -2.45. The summed E-state index contributed by atoms with van der Waals surface area (Å²) >= 11 is 0. The second-order valence-electron chi connectivity index (χ2n) is 5.21. The van der Waals surface area contributed by atoms with Gasteiger partial charge in [0.15, 0.2) is 0 Å². The highest BCUT2D eigenvalue weighted by molar-refractivity contribution is 5.41. The van der Waals surface area contributed by atoms with Gasteiger partial charge in [-0.15, -0.1) is 6.58 Å². The first-order valence-corrected chi connectivity index (χ1v) is 6.69. The quantitative estimate of drug-likeness (QED) is 0.574. The highest BCUT2D eigenvalue weighted by Crippen LogP contribution is 2.35. The van der Waals surface area contributed by atoms with Gasteiger partial charge in [0, 0.05) is 37.8 Å². The van der Waals surface area contributed by atoms with Crippen molar-refractivity contribution in [1.29, 1.82) is 0 Å². The summed E-state index contributed by atoms with van der Waals surface area (Å²) in [5.74, 6) is 0.428. The summed E-state index contributed by atoms with van der Waals surface area (Å²) in [7, 11) is 0. The van der Waals surface area contributed by atoms with Crippen LogP contribution in [0.2, 0.25) is 0 Å². The monoisotopic (exact) mass is 262 g/mol. The van der Waals surface area contributed by atoms with Crippen molar-refractivity contribution >= 4 is 0 Å². The predicted octanol–water partition coefficient (Wildman–Crippen LogP) is 2.01. The van der Waals surface area contributed by atoms with E-state index in [0.717, 1.165) is 43.7 Å². The number of hydrogen-bond acceptors (Lipinski definition) is 4. The molecule has 0 amide bonds. The molecular weight excluding hydrogens is 240 g/mol. The Morgan fingerprint density at radius 3 is 2.68 bits per heavy atom. The Labute approximate surface area is 114 Å². The van der Waals surface area contributed by atoms with Crippen molar-refractivity contribution < 1.29 is 10.2 Å². The molecule has 0 unspecified atom stereocenters. The normalized spacial score (nSPS) is 18.2. The summed E-state index contributed by atoms with van der Waals surface area (Å²) in [6.45, 7) is 9.75. The maximum Gasteiger partial charge on any atom is 0.120 e. The molecule has 0 aliphatic carbocycles. The molecule has 1 heterocycles. The van der Waals surface area contributed by atoms with Crippen LogP contribution in [-0.2, 0) is 0 Å². The molecule has 1 fully saturated rings. The number of rotatable bonds is 4. The maximum absolute atomic E-state index is 10.1. The van der Waals surface area contributed by atoms with Gasteiger partial charge < -0.3 is 15.5 Å². The fourth-order valence-corrected chi connectivity index (χ4v) is 2.57. The average Bonchev–Trinajstić information content (AvgIpc) is 2.40. The third kappa shape index (κ3) is 3.49. The molecule has 1 aliphatic heterocycles. The summed E-state index contributed by atoms with van der Waals surface area (Å²) in [6.07, 6.45) is 0.789. The fourth-order valence-electron chi connectivity index (χ4n) is 2.57. The van der Waals surface area contributed by atoms with Gasteiger partial charge in [-0.2, -0.15) is 0 Å². The third-order valence-corrected chi connectivity index (χ3v) is 3.50. The van der Waals surface area contributed by atoms with Crippen LogP contribution in [0.4, 0.5) is 0 Å². The Balaban J connectivity index is 2.29. The lowest BCUT2D eigenvalue weighted by atomic mass is 9.97. The average molecular weight is 262 g/mol. The SMILES string of the molecule is C=C(C)C[C@@H](c1cc(O)ccc1O)N1CCNCC1. The van der Waals surface area contributed by atoms with Gasteiger partial charge in [0.1, 0.15) is 11.5 Å². The van der Waals surface area contributed by atoms with Crippen LogP contribution in [0.15, 0.2) is 30.4 Å². The van der Waals surface area contributed by atoms with E-state index in [1.807, 2.05) is 6.92 Å². The molecule has 1 saturated heterocycles. The van der Waals surface area contributed by atoms with Crippen LogP contribution in [0.1, 0.15) is 24.9 Å². The van der Waals surface area contributed by atoms with Crippen LogP contribution in [0, 0.1) is 0 Å². The van der Waals surface area contributed by atoms with Crippen molar-refractivity contribution in [3.63, 3.8) is 0 Å². The van der Waals surface area contributed by atoms with Crippen LogP contribution in [-0.4, -0.2) is 41.3 Å². The van der Waals surface area contributed by atoms with Crippen LogP contribution >= 0.6 is 0 Å². The number of nitrogens with one attached hydrogen (secondary N) is 1. The van der Waals surface area contributed by atoms with Crippen molar-refractivity contribution in [3.05, 3.63) is 35.9 Å². The van der Waals surface area contributed by atoms with Gasteiger partial charge >= 0.3 is 0 Å². The van der Waals surface area contributed by atoms with E-state index in [0.29, 0.717) is 0 Å². The lowest BCUT2D eigenvalue weighted by molar-refractivity contribution is 0.169. The van der Waals surface area contributed by atoms with Crippen LogP contribution < -0.4 is 5.32 Å². The Kier molecular flexibility index (Phi) is 4.45. The number of benzene rings is 1. The van der Waals surface area contributed by atoms with E-state index in [4.69, 9.17) is 0 Å². The zero-order valence-electron chi connectivity index (χ0n) is 11.4. The molecule has 0 radical (unpaired) electrons. The van der Waals surface area contributed by atoms with Gasteiger partial charge in [-0.25, -0.2) is 0 Å². The molecule has 4 heteroatoms. The lowest BCUT2D eigenvalue weighted by Gasteiger charge is -2.35. The van der Waals surface area contributed by atoms with Gasteiger partial charge in [0.25, 0.3) is 0 Å². The first-order chi connectivity index (χ1) is 9.08. The van der Waals surface area contributed by atoms with Crippen LogP contribution in [0.25, 0.3) is 0 Å². The Hall–Kier alpha value is -1.52. The van der Waals surface area contributed by atoms with Crippen molar-refractivity contribution in [1.82, 2.24) is 10.2 Å². The smallest absolute Gasteiger partial charge is 0.120 e. The number of piperazine rings is 1. The van der Waals surface area contributed by atoms with Crippen molar-refractivity contribution in [2.24, 2.45) is 0 Å². The zero-order valence-corrected chi connectivity index (χ0v) is 11.4. The Morgan fingerprint density at radius 1 is 1.37 bits per heavy atom. The minimum absolute atomic E-state index is 0.0756. The Morgan fingerprint density at radius 2 is 2.05 bits per heavy atom. The molecule has 0 spiro atoms. The number of hydrogen-bond donors (Lipinski definition) is 3. The van der Waals surface area contributed by atoms with E-state index in [-0.39, 0.29) is 17.5 Å². The second kappa shape index (κ2) is 6.08. The highest BCUT2D eigenvalue weighted by Gasteiger charge is 2.24. The molecule has 19 heavy (non-hydrogen) atoms. The standard InChI is InChI=1S/C15H22N2O2/c1-11(2)9-14(17-7-5-16-6-8-17)13-10-12(18)3-4-15(13)19/h3-4,10,14,16,18-19H,1,5-9H2,2H3/t14-/m0/s1. The van der Waals surface area contributed by atoms with E-state index < -0.39 is 0 Å². The number of aromatic hydroxyl groups is 2. The van der Waals surface area contributed by atoms with Gasteiger partial charge in [-0.3, -0.25) is 4.90 Å². The second-order valence-corrected chi connectivity index (χ2v) is 5.21. The molecule has 1 atom stereocenters. The summed E-state index contributed by atoms with van der Waals surface area (Å²) in [6, 6.07) is 4.80. The van der Waals surface area contributed by atoms with Gasteiger partial charge in [0.2, 0.25) is 0 Å². The van der Waals surface area contributed by atoms with Gasteiger partial charge in [-0.1, -0.05) is 5.57 Å². The minimum atomic E-state index is 0.0756. The molecule has 104 valence electrons. The predicted molar refractivity (Wildman–Crippen MR) is 76.4 cm³/mol. The van der Waals surface area contributed by atoms with E-state index >= 15 is 0 Å². The van der Waals surface area contributed by atoms with Crippen molar-refractivity contribution in [2.75, 3.05) is 26.2 Å². The molecule has 3 N–H and O–H groups in total. The van der Waals surface area contributed by atoms with Crippen molar-refractivity contribution in [2.45, 2.75) is 19.4 Å². The van der Waals surface area contributed by atoms with Crippen molar-refractivity contribution in [3.8, 4) is 11.5 Å². The summed E-state index contributed by atoms with van der Waals surface area (Å²) < 4.78 is 0. The fraction of sp³-hybridized carbons (Fsp3) is 0.467. The Bertz CT molecular complexity index is 453. The summed E-state index contributed by atoms with van der Waals surface area (Å²) in [5.41, 5.74) is 1.86. The molecule has 0 aromatic heterocycles. The molecular formula is C15H22N2O2. The summed E-state index contributed by atoms with van der Waals surface area (Å²) in [4.78, 5) is 2.33. The highest BCUT2D eigenvalue weighted by atomic mass is 16.3. The summed E-state index contributed by atoms with van der Waals surface area (Å²) in [5, 5.41) is 23.0.